The fourth-order valence-corrected chi connectivity index (χ4v) is 5.61. The van der Waals surface area contributed by atoms with E-state index in [1.54, 1.807) is 26.0 Å². The van der Waals surface area contributed by atoms with Crippen LogP contribution >= 0.6 is 0 Å². The van der Waals surface area contributed by atoms with Gasteiger partial charge in [0.1, 0.15) is 23.0 Å². The Bertz CT molecular complexity index is 2460. The first-order chi connectivity index (χ1) is 28.4. The molecular formula is C36H26F6N8O10. The zero-order valence-electron chi connectivity index (χ0n) is 30.5. The van der Waals surface area contributed by atoms with Crippen LogP contribution in [-0.4, -0.2) is 54.9 Å². The van der Waals surface area contributed by atoms with E-state index in [9.17, 15) is 35.9 Å². The molecule has 0 bridgehead atoms. The summed E-state index contributed by atoms with van der Waals surface area (Å²) in [7, 11) is 0. The number of aromatic amines is 2. The van der Waals surface area contributed by atoms with Crippen LogP contribution in [0.2, 0.25) is 0 Å². The van der Waals surface area contributed by atoms with Crippen LogP contribution in [-0.2, 0) is 20.9 Å². The van der Waals surface area contributed by atoms with E-state index < -0.39 is 35.4 Å². The van der Waals surface area contributed by atoms with Crippen LogP contribution in [0.25, 0.3) is 22.9 Å². The van der Waals surface area contributed by atoms with Gasteiger partial charge in [0.15, 0.2) is 11.2 Å². The van der Waals surface area contributed by atoms with Gasteiger partial charge in [-0.15, -0.1) is 36.5 Å². The summed E-state index contributed by atoms with van der Waals surface area (Å²) in [6.07, 6.45) is -3.37. The van der Waals surface area contributed by atoms with Gasteiger partial charge in [-0.1, -0.05) is 34.6 Å². The molecule has 0 amide bonds. The highest BCUT2D eigenvalue weighted by Gasteiger charge is 2.40. The zero-order chi connectivity index (χ0) is 42.7. The summed E-state index contributed by atoms with van der Waals surface area (Å²) in [6, 6.07) is 13.7. The van der Waals surface area contributed by atoms with E-state index in [4.69, 9.17) is 28.0 Å². The lowest BCUT2D eigenvalue weighted by molar-refractivity contribution is -0.275. The van der Waals surface area contributed by atoms with Crippen molar-refractivity contribution in [2.75, 3.05) is 0 Å². The number of hydrogen-bond acceptors (Lipinski definition) is 16. The van der Waals surface area contributed by atoms with Crippen molar-refractivity contribution < 1.29 is 63.8 Å². The van der Waals surface area contributed by atoms with E-state index in [2.05, 4.69) is 50.1 Å². The Balaban J connectivity index is 0.000000181. The molecule has 0 spiro atoms. The molecule has 6 aromatic rings. The molecule has 0 radical (unpaired) electrons. The van der Waals surface area contributed by atoms with Gasteiger partial charge in [-0.05, 0) is 61.4 Å². The number of halogens is 6. The van der Waals surface area contributed by atoms with E-state index in [0.29, 0.717) is 33.8 Å². The quantitative estimate of drug-likeness (QED) is 0.152. The molecule has 312 valence electrons. The van der Waals surface area contributed by atoms with Crippen LogP contribution in [0, 0.1) is 0 Å². The minimum atomic E-state index is -4.76. The van der Waals surface area contributed by atoms with Gasteiger partial charge in [-0.25, -0.2) is 19.8 Å². The molecule has 4 aromatic heterocycles. The number of rotatable bonds is 8. The Labute approximate surface area is 330 Å². The third kappa shape index (κ3) is 10.1. The number of oxime groups is 2. The third-order valence-corrected chi connectivity index (χ3v) is 8.34. The molecule has 2 aliphatic heterocycles. The highest BCUT2D eigenvalue weighted by molar-refractivity contribution is 5.81. The standard InChI is InChI=1S/2C18H13F3N4O5/c2*1-17(11-2-4-12(5-3-11)29-18(19,20)21)7-14(25-30-17)27-13-6-10(8-22-9-13)15-23-24-16(26)28-15/h2*2-6,8-9H,7H2,1H3,(H,24,26)/t2*17-/m10/s1. The second-order valence-electron chi connectivity index (χ2n) is 13.0. The molecule has 0 saturated heterocycles. The van der Waals surface area contributed by atoms with Crippen molar-refractivity contribution in [2.24, 2.45) is 10.3 Å². The number of alkyl halides is 6. The molecule has 24 heteroatoms. The van der Waals surface area contributed by atoms with Crippen LogP contribution in [0.3, 0.4) is 0 Å². The molecular weight excluding hydrogens is 818 g/mol. The predicted octanol–water partition coefficient (Wildman–Crippen LogP) is 6.70. The van der Waals surface area contributed by atoms with Crippen molar-refractivity contribution in [3.05, 3.63) is 118 Å². The highest BCUT2D eigenvalue weighted by atomic mass is 19.4. The number of nitrogens with one attached hydrogen (secondary N) is 2. The minimum Gasteiger partial charge on any atom is -0.438 e. The van der Waals surface area contributed by atoms with Gasteiger partial charge in [0.2, 0.25) is 11.8 Å². The van der Waals surface area contributed by atoms with Crippen LogP contribution in [0.1, 0.15) is 37.8 Å². The summed E-state index contributed by atoms with van der Waals surface area (Å²) in [5.74, 6) is -0.901. The normalized spacial score (nSPS) is 18.6. The van der Waals surface area contributed by atoms with Crippen molar-refractivity contribution in [3.8, 4) is 45.9 Å². The second-order valence-corrected chi connectivity index (χ2v) is 13.0. The van der Waals surface area contributed by atoms with Gasteiger partial charge in [0.25, 0.3) is 11.8 Å². The number of hydrogen-bond donors (Lipinski definition) is 2. The fourth-order valence-electron chi connectivity index (χ4n) is 5.61. The van der Waals surface area contributed by atoms with E-state index in [-0.39, 0.29) is 47.9 Å². The number of pyridine rings is 2. The molecule has 0 saturated carbocycles. The van der Waals surface area contributed by atoms with Crippen molar-refractivity contribution in [2.45, 2.75) is 50.6 Å². The van der Waals surface area contributed by atoms with Gasteiger partial charge >= 0.3 is 24.2 Å². The van der Waals surface area contributed by atoms with Crippen molar-refractivity contribution in [3.63, 3.8) is 0 Å². The van der Waals surface area contributed by atoms with E-state index in [0.717, 1.165) is 0 Å². The molecule has 2 aromatic carbocycles. The Morgan fingerprint density at radius 1 is 0.583 bits per heavy atom. The number of H-pyrrole nitrogens is 2. The average Bonchev–Trinajstić information content (AvgIpc) is 4.00. The van der Waals surface area contributed by atoms with Gasteiger partial charge in [-0.2, -0.15) is 0 Å². The van der Waals surface area contributed by atoms with Crippen LogP contribution in [0.15, 0.2) is 114 Å². The SMILES string of the molecule is C[C@@]1(c2ccc(OC(F)(F)F)cc2)CC(Oc2cncc(-c3n[nH]c(=O)o3)c2)=NO1.C[C@]1(c2ccc(OC(F)(F)F)cc2)CC(Oc2cncc(-c3n[nH]c(=O)o3)c2)=NO1. The van der Waals surface area contributed by atoms with Crippen LogP contribution in [0.4, 0.5) is 26.3 Å². The topological polar surface area (TPSA) is 224 Å². The summed E-state index contributed by atoms with van der Waals surface area (Å²) in [5, 5.41) is 19.5. The summed E-state index contributed by atoms with van der Waals surface area (Å²) in [6.45, 7) is 3.44. The Kier molecular flexibility index (Phi) is 10.8. The first kappa shape index (κ1) is 40.5. The summed E-state index contributed by atoms with van der Waals surface area (Å²) in [4.78, 5) is 41.1. The molecule has 0 unspecified atom stereocenters. The maximum absolute atomic E-state index is 12.3. The predicted molar refractivity (Wildman–Crippen MR) is 189 cm³/mol. The highest BCUT2D eigenvalue weighted by Crippen LogP contribution is 2.38. The molecule has 18 nitrogen and oxygen atoms in total. The number of ether oxygens (including phenoxy) is 4. The molecule has 0 fully saturated rings. The molecule has 60 heavy (non-hydrogen) atoms. The molecule has 8 rings (SSSR count). The Hall–Kier alpha value is -7.66. The van der Waals surface area contributed by atoms with Crippen LogP contribution in [0.5, 0.6) is 23.0 Å². The maximum atomic E-state index is 12.3. The third-order valence-electron chi connectivity index (χ3n) is 8.34. The molecule has 0 aliphatic carbocycles. The summed E-state index contributed by atoms with van der Waals surface area (Å²) >= 11 is 0. The fraction of sp³-hybridized carbons (Fsp3) is 0.222. The van der Waals surface area contributed by atoms with E-state index >= 15 is 0 Å². The monoisotopic (exact) mass is 844 g/mol. The zero-order valence-corrected chi connectivity index (χ0v) is 30.5. The first-order valence-corrected chi connectivity index (χ1v) is 17.0. The smallest absolute Gasteiger partial charge is 0.438 e. The Morgan fingerprint density at radius 3 is 1.30 bits per heavy atom. The number of nitrogens with zero attached hydrogens (tertiary/aromatic N) is 6. The van der Waals surface area contributed by atoms with E-state index in [1.807, 2.05) is 0 Å². The summed E-state index contributed by atoms with van der Waals surface area (Å²) < 4.78 is 103. The van der Waals surface area contributed by atoms with Crippen LogP contribution < -0.4 is 30.5 Å². The van der Waals surface area contributed by atoms with Gasteiger partial charge in [-0.3, -0.25) is 9.97 Å². The second kappa shape index (κ2) is 15.9. The Morgan fingerprint density at radius 2 is 0.967 bits per heavy atom. The number of aromatic nitrogens is 6. The van der Waals surface area contributed by atoms with Gasteiger partial charge in [0, 0.05) is 12.4 Å². The maximum Gasteiger partial charge on any atom is 0.573 e. The molecule has 2 N–H and O–H groups in total. The summed E-state index contributed by atoms with van der Waals surface area (Å²) in [5.41, 5.74) is 0.119. The van der Waals surface area contributed by atoms with E-state index in [1.165, 1.54) is 73.3 Å². The molecule has 6 heterocycles. The molecule has 2 aliphatic rings. The van der Waals surface area contributed by atoms with Gasteiger partial charge < -0.3 is 37.5 Å². The lowest BCUT2D eigenvalue weighted by Gasteiger charge is -2.21. The van der Waals surface area contributed by atoms with Gasteiger partial charge in [0.05, 0.1) is 36.4 Å². The molecule has 2 atom stereocenters. The van der Waals surface area contributed by atoms with Crippen molar-refractivity contribution in [1.82, 2.24) is 30.4 Å². The van der Waals surface area contributed by atoms with Crippen molar-refractivity contribution in [1.29, 1.82) is 0 Å². The average molecular weight is 845 g/mol. The number of benzene rings is 2. The minimum absolute atomic E-state index is 0.0496. The van der Waals surface area contributed by atoms with Crippen molar-refractivity contribution >= 4 is 11.8 Å². The lowest BCUT2D eigenvalue weighted by Crippen LogP contribution is -2.23. The first-order valence-electron chi connectivity index (χ1n) is 17.0. The lowest BCUT2D eigenvalue weighted by atomic mass is 9.93. The largest absolute Gasteiger partial charge is 0.573 e.